The lowest BCUT2D eigenvalue weighted by molar-refractivity contribution is -0.128. The average Bonchev–Trinajstić information content (AvgIpc) is 3.34. The Balaban J connectivity index is 1.71. The van der Waals surface area contributed by atoms with Crippen LogP contribution in [0.2, 0.25) is 0 Å². The van der Waals surface area contributed by atoms with Gasteiger partial charge in [0.05, 0.1) is 12.6 Å². The van der Waals surface area contributed by atoms with E-state index in [0.717, 1.165) is 30.0 Å². The Kier molecular flexibility index (Phi) is 7.15. The van der Waals surface area contributed by atoms with Crippen molar-refractivity contribution in [3.8, 4) is 6.07 Å². The molecule has 1 unspecified atom stereocenters. The van der Waals surface area contributed by atoms with E-state index in [1.54, 1.807) is 13.2 Å². The second-order valence-corrected chi connectivity index (χ2v) is 8.44. The van der Waals surface area contributed by atoms with Gasteiger partial charge in [0.1, 0.15) is 11.6 Å². The minimum absolute atomic E-state index is 0.145. The van der Waals surface area contributed by atoms with Crippen LogP contribution in [0.4, 0.5) is 0 Å². The molecule has 0 bridgehead atoms. The van der Waals surface area contributed by atoms with Crippen LogP contribution >= 0.6 is 0 Å². The fourth-order valence-corrected chi connectivity index (χ4v) is 4.97. The Hall–Kier alpha value is -2.10. The van der Waals surface area contributed by atoms with Gasteiger partial charge in [-0.05, 0) is 51.3 Å². The number of amides is 1. The molecule has 0 aromatic carbocycles. The van der Waals surface area contributed by atoms with Crippen LogP contribution in [0.5, 0.6) is 0 Å². The molecule has 0 radical (unpaired) electrons. The van der Waals surface area contributed by atoms with Gasteiger partial charge < -0.3 is 14.2 Å². The van der Waals surface area contributed by atoms with Gasteiger partial charge in [-0.1, -0.05) is 12.8 Å². The number of aromatic nitrogens is 1. The first kappa shape index (κ1) is 21.6. The van der Waals surface area contributed by atoms with Gasteiger partial charge in [-0.15, -0.1) is 0 Å². The molecule has 6 nitrogen and oxygen atoms in total. The standard InChI is InChI=1S/C23H34N4O2/c1-17-13-20(19(3)27(17)18(2)16-29-4)14-21(15-24)23(28)26-11-9-25(10-12-26)22-7-5-6-8-22/h13-14,18,22H,5-12,16H2,1-4H3/b21-14+. The van der Waals surface area contributed by atoms with Crippen molar-refractivity contribution in [1.29, 1.82) is 5.26 Å². The van der Waals surface area contributed by atoms with Crippen molar-refractivity contribution in [3.63, 3.8) is 0 Å². The number of nitrogens with zero attached hydrogens (tertiary/aromatic N) is 4. The summed E-state index contributed by atoms with van der Waals surface area (Å²) in [7, 11) is 1.70. The first-order chi connectivity index (χ1) is 14.0. The van der Waals surface area contributed by atoms with Crippen molar-refractivity contribution in [3.05, 3.63) is 28.6 Å². The Morgan fingerprint density at radius 1 is 1.28 bits per heavy atom. The predicted octanol–water partition coefficient (Wildman–Crippen LogP) is 3.31. The fourth-order valence-electron chi connectivity index (χ4n) is 4.97. The van der Waals surface area contributed by atoms with Crippen LogP contribution in [0.25, 0.3) is 6.08 Å². The van der Waals surface area contributed by atoms with Crippen LogP contribution in [0.3, 0.4) is 0 Å². The molecule has 1 amide bonds. The molecule has 0 spiro atoms. The molecule has 2 heterocycles. The van der Waals surface area contributed by atoms with Crippen LogP contribution in [0.15, 0.2) is 11.6 Å². The number of nitriles is 1. The lowest BCUT2D eigenvalue weighted by atomic mass is 10.1. The first-order valence-corrected chi connectivity index (χ1v) is 10.8. The van der Waals surface area contributed by atoms with Gasteiger partial charge in [-0.2, -0.15) is 5.26 Å². The summed E-state index contributed by atoms with van der Waals surface area (Å²) < 4.78 is 7.49. The molecule has 1 saturated carbocycles. The number of piperazine rings is 1. The van der Waals surface area contributed by atoms with Crippen LogP contribution in [0.1, 0.15) is 55.6 Å². The van der Waals surface area contributed by atoms with Crippen molar-refractivity contribution < 1.29 is 9.53 Å². The molecule has 6 heteroatoms. The number of ether oxygens (including phenoxy) is 1. The van der Waals surface area contributed by atoms with Crippen molar-refractivity contribution in [2.75, 3.05) is 39.9 Å². The monoisotopic (exact) mass is 398 g/mol. The predicted molar refractivity (Wildman–Crippen MR) is 114 cm³/mol. The maximum absolute atomic E-state index is 13.0. The summed E-state index contributed by atoms with van der Waals surface area (Å²) in [5.41, 5.74) is 3.31. The highest BCUT2D eigenvalue weighted by atomic mass is 16.5. The third kappa shape index (κ3) is 4.73. The molecule has 1 aliphatic carbocycles. The normalized spacial score (nSPS) is 20.1. The van der Waals surface area contributed by atoms with E-state index in [4.69, 9.17) is 4.74 Å². The molecule has 1 aromatic rings. The van der Waals surface area contributed by atoms with Gasteiger partial charge in [-0.25, -0.2) is 0 Å². The summed E-state index contributed by atoms with van der Waals surface area (Å²) in [6, 6.07) is 5.09. The molecule has 1 atom stereocenters. The Morgan fingerprint density at radius 2 is 1.93 bits per heavy atom. The second kappa shape index (κ2) is 9.60. The van der Waals surface area contributed by atoms with Gasteiger partial charge in [0.15, 0.2) is 0 Å². The fraction of sp³-hybridized carbons (Fsp3) is 0.652. The van der Waals surface area contributed by atoms with E-state index in [2.05, 4.69) is 22.5 Å². The van der Waals surface area contributed by atoms with E-state index in [9.17, 15) is 10.1 Å². The molecule has 3 rings (SSSR count). The van der Waals surface area contributed by atoms with Crippen LogP contribution in [-0.4, -0.2) is 66.2 Å². The van der Waals surface area contributed by atoms with Gasteiger partial charge in [-0.3, -0.25) is 9.69 Å². The van der Waals surface area contributed by atoms with Crippen molar-refractivity contribution in [2.24, 2.45) is 0 Å². The Morgan fingerprint density at radius 3 is 2.52 bits per heavy atom. The number of carbonyl (C=O) groups is 1. The highest BCUT2D eigenvalue weighted by molar-refractivity contribution is 6.01. The molecule has 1 aliphatic heterocycles. The van der Waals surface area contributed by atoms with Gasteiger partial charge in [0.2, 0.25) is 0 Å². The quantitative estimate of drug-likeness (QED) is 0.545. The first-order valence-electron chi connectivity index (χ1n) is 10.8. The minimum Gasteiger partial charge on any atom is -0.383 e. The SMILES string of the molecule is COCC(C)n1c(C)cc(/C=C(\C#N)C(=O)N2CCN(C3CCCC3)CC2)c1C. The number of hydrogen-bond acceptors (Lipinski definition) is 4. The summed E-state index contributed by atoms with van der Waals surface area (Å²) in [5, 5.41) is 9.67. The largest absolute Gasteiger partial charge is 0.383 e. The third-order valence-electron chi connectivity index (χ3n) is 6.47. The third-order valence-corrected chi connectivity index (χ3v) is 6.47. The number of carbonyl (C=O) groups excluding carboxylic acids is 1. The van der Waals surface area contributed by atoms with Crippen molar-refractivity contribution >= 4 is 12.0 Å². The van der Waals surface area contributed by atoms with Gasteiger partial charge >= 0.3 is 0 Å². The zero-order valence-corrected chi connectivity index (χ0v) is 18.3. The molecule has 158 valence electrons. The summed E-state index contributed by atoms with van der Waals surface area (Å²) in [6.45, 7) is 10.1. The number of hydrogen-bond donors (Lipinski definition) is 0. The Bertz CT molecular complexity index is 791. The summed E-state index contributed by atoms with van der Waals surface area (Å²) in [4.78, 5) is 17.4. The summed E-state index contributed by atoms with van der Waals surface area (Å²) in [5.74, 6) is -0.145. The van der Waals surface area contributed by atoms with Crippen LogP contribution < -0.4 is 0 Å². The molecule has 2 aliphatic rings. The molecule has 1 saturated heterocycles. The second-order valence-electron chi connectivity index (χ2n) is 8.44. The van der Waals surface area contributed by atoms with E-state index in [-0.39, 0.29) is 17.5 Å². The molecule has 0 N–H and O–H groups in total. The molecule has 29 heavy (non-hydrogen) atoms. The topological polar surface area (TPSA) is 61.5 Å². The molecule has 2 fully saturated rings. The molecule has 1 aromatic heterocycles. The Labute approximate surface area is 174 Å². The summed E-state index contributed by atoms with van der Waals surface area (Å²) >= 11 is 0. The number of aryl methyl sites for hydroxylation is 1. The van der Waals surface area contributed by atoms with E-state index >= 15 is 0 Å². The van der Waals surface area contributed by atoms with E-state index in [1.165, 1.54) is 25.7 Å². The zero-order valence-electron chi connectivity index (χ0n) is 18.3. The van der Waals surface area contributed by atoms with E-state index in [0.29, 0.717) is 25.7 Å². The lowest BCUT2D eigenvalue weighted by Crippen LogP contribution is -2.51. The lowest BCUT2D eigenvalue weighted by Gasteiger charge is -2.38. The number of rotatable bonds is 6. The highest BCUT2D eigenvalue weighted by Crippen LogP contribution is 2.25. The smallest absolute Gasteiger partial charge is 0.264 e. The van der Waals surface area contributed by atoms with Crippen LogP contribution in [0, 0.1) is 25.2 Å². The van der Waals surface area contributed by atoms with E-state index in [1.807, 2.05) is 24.8 Å². The minimum atomic E-state index is -0.145. The molecular weight excluding hydrogens is 364 g/mol. The van der Waals surface area contributed by atoms with Crippen molar-refractivity contribution in [1.82, 2.24) is 14.4 Å². The maximum atomic E-state index is 13.0. The van der Waals surface area contributed by atoms with Gasteiger partial charge in [0.25, 0.3) is 5.91 Å². The van der Waals surface area contributed by atoms with Crippen LogP contribution in [-0.2, 0) is 9.53 Å². The van der Waals surface area contributed by atoms with E-state index < -0.39 is 0 Å². The maximum Gasteiger partial charge on any atom is 0.264 e. The average molecular weight is 399 g/mol. The molecular formula is C23H34N4O2. The zero-order chi connectivity index (χ0) is 21.0. The van der Waals surface area contributed by atoms with Gasteiger partial charge in [0, 0.05) is 50.7 Å². The highest BCUT2D eigenvalue weighted by Gasteiger charge is 2.29. The summed E-state index contributed by atoms with van der Waals surface area (Å²) in [6.07, 6.45) is 6.98. The van der Waals surface area contributed by atoms with Crippen molar-refractivity contribution in [2.45, 2.75) is 58.5 Å². The number of methoxy groups -OCH3 is 1.